The van der Waals surface area contributed by atoms with Crippen LogP contribution in [0.1, 0.15) is 59.8 Å². The molecule has 0 aromatic heterocycles. The summed E-state index contributed by atoms with van der Waals surface area (Å²) in [7, 11) is 0. The predicted molar refractivity (Wildman–Crippen MR) is 69.9 cm³/mol. The summed E-state index contributed by atoms with van der Waals surface area (Å²) in [6.45, 7) is 8.68. The lowest BCUT2D eigenvalue weighted by molar-refractivity contribution is 0.0787. The largest absolute Gasteiger partial charge is 0.388 e. The summed E-state index contributed by atoms with van der Waals surface area (Å²) in [4.78, 5) is 0. The molecule has 1 fully saturated rings. The molecule has 1 heterocycles. The molecule has 2 rings (SSSR count). The van der Waals surface area contributed by atoms with Crippen molar-refractivity contribution in [3.8, 4) is 0 Å². The average molecular weight is 238 g/mol. The molecule has 0 spiro atoms. The van der Waals surface area contributed by atoms with Crippen molar-refractivity contribution < 1.29 is 9.84 Å². The highest BCUT2D eigenvalue weighted by atomic mass is 16.6. The van der Waals surface area contributed by atoms with Crippen LogP contribution in [0.2, 0.25) is 0 Å². The first-order valence-electron chi connectivity index (χ1n) is 6.87. The number of epoxide rings is 1. The van der Waals surface area contributed by atoms with Crippen LogP contribution in [0.25, 0.3) is 0 Å². The van der Waals surface area contributed by atoms with Gasteiger partial charge in [0.05, 0.1) is 17.8 Å². The fraction of sp³-hybridized carbons (Fsp3) is 0.867. The van der Waals surface area contributed by atoms with Gasteiger partial charge in [-0.3, -0.25) is 0 Å². The molecule has 1 saturated heterocycles. The van der Waals surface area contributed by atoms with E-state index in [-0.39, 0.29) is 17.1 Å². The van der Waals surface area contributed by atoms with Crippen LogP contribution in [0, 0.1) is 5.41 Å². The molecular weight excluding hydrogens is 212 g/mol. The van der Waals surface area contributed by atoms with E-state index in [4.69, 9.17) is 4.74 Å². The Hall–Kier alpha value is -0.340. The SMILES string of the molecule is C/C1=C/C(O)C(C)(C)CCC[C@@]2(C)O[C@H]2CC1. The summed E-state index contributed by atoms with van der Waals surface area (Å²) in [5, 5.41) is 10.3. The maximum absolute atomic E-state index is 10.3. The molecule has 1 unspecified atom stereocenters. The molecule has 0 saturated carbocycles. The van der Waals surface area contributed by atoms with Crippen LogP contribution in [0.15, 0.2) is 11.6 Å². The number of ether oxygens (including phenoxy) is 1. The minimum atomic E-state index is -0.314. The maximum atomic E-state index is 10.3. The van der Waals surface area contributed by atoms with Gasteiger partial charge in [-0.1, -0.05) is 25.5 Å². The Kier molecular flexibility index (Phi) is 3.39. The van der Waals surface area contributed by atoms with Gasteiger partial charge in [0.1, 0.15) is 0 Å². The van der Waals surface area contributed by atoms with Gasteiger partial charge in [0.25, 0.3) is 0 Å². The van der Waals surface area contributed by atoms with Gasteiger partial charge in [-0.05, 0) is 51.4 Å². The molecule has 0 radical (unpaired) electrons. The zero-order valence-electron chi connectivity index (χ0n) is 11.6. The normalized spacial score (nSPS) is 45.1. The standard InChI is InChI=1S/C15H26O2/c1-11-6-7-13-15(4,17-13)9-5-8-14(2,3)12(16)10-11/h10,12-13,16H,5-9H2,1-4H3/b11-10-/t12?,13-,15+/m0/s1. The first-order chi connectivity index (χ1) is 7.83. The van der Waals surface area contributed by atoms with E-state index < -0.39 is 0 Å². The van der Waals surface area contributed by atoms with Gasteiger partial charge < -0.3 is 9.84 Å². The van der Waals surface area contributed by atoms with Crippen LogP contribution < -0.4 is 0 Å². The first kappa shape index (κ1) is 13.1. The molecule has 2 aliphatic rings. The molecule has 0 aromatic carbocycles. The van der Waals surface area contributed by atoms with E-state index in [0.29, 0.717) is 6.10 Å². The Balaban J connectivity index is 2.09. The van der Waals surface area contributed by atoms with Gasteiger partial charge in [-0.25, -0.2) is 0 Å². The highest BCUT2D eigenvalue weighted by Crippen LogP contribution is 2.45. The Labute approximate surface area is 105 Å². The number of hydrogen-bond donors (Lipinski definition) is 1. The van der Waals surface area contributed by atoms with E-state index >= 15 is 0 Å². The van der Waals surface area contributed by atoms with Gasteiger partial charge >= 0.3 is 0 Å². The van der Waals surface area contributed by atoms with E-state index in [2.05, 4.69) is 27.7 Å². The zero-order valence-corrected chi connectivity index (χ0v) is 11.6. The second-order valence-electron chi connectivity index (χ2n) is 6.76. The number of hydrogen-bond acceptors (Lipinski definition) is 2. The number of allylic oxidation sites excluding steroid dienone is 1. The molecule has 0 bridgehead atoms. The lowest BCUT2D eigenvalue weighted by atomic mass is 9.80. The van der Waals surface area contributed by atoms with Crippen molar-refractivity contribution in [3.63, 3.8) is 0 Å². The fourth-order valence-corrected chi connectivity index (χ4v) is 2.86. The molecule has 1 aliphatic heterocycles. The predicted octanol–water partition coefficient (Wildman–Crippen LogP) is 3.44. The van der Waals surface area contributed by atoms with Crippen LogP contribution in [-0.2, 0) is 4.74 Å². The third-order valence-electron chi connectivity index (χ3n) is 4.57. The second kappa shape index (κ2) is 4.40. The van der Waals surface area contributed by atoms with Crippen molar-refractivity contribution in [2.24, 2.45) is 5.41 Å². The fourth-order valence-electron chi connectivity index (χ4n) is 2.86. The highest BCUT2D eigenvalue weighted by molar-refractivity contribution is 5.09. The van der Waals surface area contributed by atoms with Crippen molar-refractivity contribution >= 4 is 0 Å². The lowest BCUT2D eigenvalue weighted by Gasteiger charge is -2.29. The number of aliphatic hydroxyl groups is 1. The Morgan fingerprint density at radius 3 is 2.71 bits per heavy atom. The summed E-state index contributed by atoms with van der Waals surface area (Å²) in [6.07, 6.45) is 7.67. The Bertz CT molecular complexity index is 319. The topological polar surface area (TPSA) is 32.8 Å². The lowest BCUT2D eigenvalue weighted by Crippen LogP contribution is -2.28. The molecule has 1 aliphatic carbocycles. The summed E-state index contributed by atoms with van der Waals surface area (Å²) < 4.78 is 5.83. The van der Waals surface area contributed by atoms with Gasteiger partial charge in [0.2, 0.25) is 0 Å². The first-order valence-corrected chi connectivity index (χ1v) is 6.87. The highest BCUT2D eigenvalue weighted by Gasteiger charge is 2.51. The molecule has 2 heteroatoms. The zero-order chi connectivity index (χ0) is 12.7. The molecule has 2 nitrogen and oxygen atoms in total. The maximum Gasteiger partial charge on any atom is 0.0920 e. The summed E-state index contributed by atoms with van der Waals surface area (Å²) in [5.41, 5.74) is 1.41. The van der Waals surface area contributed by atoms with Crippen molar-refractivity contribution in [1.29, 1.82) is 0 Å². The molecule has 17 heavy (non-hydrogen) atoms. The van der Waals surface area contributed by atoms with Crippen LogP contribution >= 0.6 is 0 Å². The van der Waals surface area contributed by atoms with Crippen LogP contribution in [0.4, 0.5) is 0 Å². The number of fused-ring (bicyclic) bond motifs is 1. The van der Waals surface area contributed by atoms with Gasteiger partial charge in [0, 0.05) is 0 Å². The summed E-state index contributed by atoms with van der Waals surface area (Å²) in [6, 6.07) is 0. The van der Waals surface area contributed by atoms with E-state index in [9.17, 15) is 5.11 Å². The van der Waals surface area contributed by atoms with Crippen LogP contribution in [-0.4, -0.2) is 22.9 Å². The number of rotatable bonds is 0. The Morgan fingerprint density at radius 2 is 2.00 bits per heavy atom. The van der Waals surface area contributed by atoms with Crippen LogP contribution in [0.5, 0.6) is 0 Å². The average Bonchev–Trinajstić information content (AvgIpc) is 2.85. The Morgan fingerprint density at radius 1 is 1.29 bits per heavy atom. The smallest absolute Gasteiger partial charge is 0.0920 e. The van der Waals surface area contributed by atoms with Crippen molar-refractivity contribution in [3.05, 3.63) is 11.6 Å². The van der Waals surface area contributed by atoms with E-state index in [1.54, 1.807) is 0 Å². The molecule has 0 amide bonds. The van der Waals surface area contributed by atoms with Crippen molar-refractivity contribution in [2.45, 2.75) is 77.6 Å². The monoisotopic (exact) mass is 238 g/mol. The molecule has 3 atom stereocenters. The minimum absolute atomic E-state index is 0.0215. The van der Waals surface area contributed by atoms with Crippen molar-refractivity contribution in [2.75, 3.05) is 0 Å². The molecule has 0 aromatic rings. The van der Waals surface area contributed by atoms with Crippen LogP contribution in [0.3, 0.4) is 0 Å². The second-order valence-corrected chi connectivity index (χ2v) is 6.76. The summed E-state index contributed by atoms with van der Waals surface area (Å²) in [5.74, 6) is 0. The number of aliphatic hydroxyl groups excluding tert-OH is 1. The van der Waals surface area contributed by atoms with E-state index in [1.807, 2.05) is 6.08 Å². The molecule has 1 N–H and O–H groups in total. The van der Waals surface area contributed by atoms with Gasteiger partial charge in [0.15, 0.2) is 0 Å². The van der Waals surface area contributed by atoms with Gasteiger partial charge in [-0.2, -0.15) is 0 Å². The third-order valence-corrected chi connectivity index (χ3v) is 4.57. The van der Waals surface area contributed by atoms with E-state index in [0.717, 1.165) is 32.1 Å². The third kappa shape index (κ3) is 2.92. The van der Waals surface area contributed by atoms with Gasteiger partial charge in [-0.15, -0.1) is 0 Å². The van der Waals surface area contributed by atoms with E-state index in [1.165, 1.54) is 5.57 Å². The minimum Gasteiger partial charge on any atom is -0.388 e. The quantitative estimate of drug-likeness (QED) is 0.518. The molecular formula is C15H26O2. The molecule has 98 valence electrons. The summed E-state index contributed by atoms with van der Waals surface area (Å²) >= 11 is 0. The van der Waals surface area contributed by atoms with Crippen molar-refractivity contribution in [1.82, 2.24) is 0 Å².